The molecule has 0 radical (unpaired) electrons. The molecule has 0 saturated carbocycles. The largest absolute Gasteiger partial charge is 0.480 e. The van der Waals surface area contributed by atoms with E-state index in [4.69, 9.17) is 4.74 Å². The van der Waals surface area contributed by atoms with Crippen LogP contribution in [0.25, 0.3) is 0 Å². The van der Waals surface area contributed by atoms with Gasteiger partial charge in [0.15, 0.2) is 0 Å². The van der Waals surface area contributed by atoms with E-state index < -0.39 is 0 Å². The quantitative estimate of drug-likeness (QED) is 0.865. The second kappa shape index (κ2) is 6.70. The van der Waals surface area contributed by atoms with E-state index in [2.05, 4.69) is 22.3 Å². The van der Waals surface area contributed by atoms with Gasteiger partial charge in [0, 0.05) is 24.9 Å². The van der Waals surface area contributed by atoms with E-state index in [1.54, 1.807) is 12.3 Å². The molecule has 6 nitrogen and oxygen atoms in total. The second-order valence-electron chi connectivity index (χ2n) is 4.35. The highest BCUT2D eigenvalue weighted by Gasteiger charge is 2.03. The molecule has 2 rings (SSSR count). The number of hydrogen-bond acceptors (Lipinski definition) is 5. The van der Waals surface area contributed by atoms with Gasteiger partial charge >= 0.3 is 0 Å². The van der Waals surface area contributed by atoms with Crippen LogP contribution in [0.2, 0.25) is 0 Å². The summed E-state index contributed by atoms with van der Waals surface area (Å²) >= 11 is 0. The molecule has 2 aromatic rings. The molecule has 0 aliphatic carbocycles. The third-order valence-electron chi connectivity index (χ3n) is 2.76. The SMILES string of the molecule is CCCNc1cc(Cn2nc(OC)ccc2=O)ccn1. The first kappa shape index (κ1) is 14.0. The van der Waals surface area contributed by atoms with Crippen LogP contribution in [0.15, 0.2) is 35.3 Å². The molecule has 0 spiro atoms. The lowest BCUT2D eigenvalue weighted by molar-refractivity contribution is 0.379. The first-order valence-corrected chi connectivity index (χ1v) is 6.54. The number of methoxy groups -OCH3 is 1. The number of rotatable bonds is 6. The van der Waals surface area contributed by atoms with Crippen molar-refractivity contribution in [1.82, 2.24) is 14.8 Å². The highest BCUT2D eigenvalue weighted by atomic mass is 16.5. The van der Waals surface area contributed by atoms with Crippen LogP contribution in [0.5, 0.6) is 5.88 Å². The maximum Gasteiger partial charge on any atom is 0.267 e. The van der Waals surface area contributed by atoms with Gasteiger partial charge < -0.3 is 10.1 Å². The van der Waals surface area contributed by atoms with Gasteiger partial charge in [0.05, 0.1) is 13.7 Å². The molecule has 0 aliphatic rings. The third-order valence-corrected chi connectivity index (χ3v) is 2.76. The van der Waals surface area contributed by atoms with Gasteiger partial charge in [-0.15, -0.1) is 5.10 Å². The van der Waals surface area contributed by atoms with E-state index in [1.807, 2.05) is 12.1 Å². The normalized spacial score (nSPS) is 10.3. The Labute approximate surface area is 117 Å². The molecule has 0 bridgehead atoms. The standard InChI is InChI=1S/C14H18N4O2/c1-3-7-15-12-9-11(6-8-16-12)10-18-14(19)5-4-13(17-18)20-2/h4-6,8-9H,3,7,10H2,1-2H3,(H,15,16). The van der Waals surface area contributed by atoms with Gasteiger partial charge in [0.1, 0.15) is 5.82 Å². The molecule has 106 valence electrons. The van der Waals surface area contributed by atoms with Gasteiger partial charge in [-0.05, 0) is 24.1 Å². The van der Waals surface area contributed by atoms with E-state index in [9.17, 15) is 4.79 Å². The molecular formula is C14H18N4O2. The number of nitrogens with zero attached hydrogens (tertiary/aromatic N) is 3. The van der Waals surface area contributed by atoms with Crippen molar-refractivity contribution in [2.45, 2.75) is 19.9 Å². The van der Waals surface area contributed by atoms with Crippen LogP contribution in [0.4, 0.5) is 5.82 Å². The topological polar surface area (TPSA) is 69.0 Å². The van der Waals surface area contributed by atoms with Crippen molar-refractivity contribution in [3.8, 4) is 5.88 Å². The summed E-state index contributed by atoms with van der Waals surface area (Å²) in [5.74, 6) is 1.23. The van der Waals surface area contributed by atoms with Gasteiger partial charge in [-0.3, -0.25) is 4.79 Å². The maximum atomic E-state index is 11.8. The van der Waals surface area contributed by atoms with Gasteiger partial charge in [-0.2, -0.15) is 0 Å². The number of anilines is 1. The summed E-state index contributed by atoms with van der Waals surface area (Å²) in [5, 5.41) is 7.33. The zero-order chi connectivity index (χ0) is 14.4. The summed E-state index contributed by atoms with van der Waals surface area (Å²) in [6.07, 6.45) is 2.75. The minimum Gasteiger partial charge on any atom is -0.480 e. The minimum atomic E-state index is -0.161. The van der Waals surface area contributed by atoms with E-state index in [1.165, 1.54) is 17.9 Å². The van der Waals surface area contributed by atoms with Crippen molar-refractivity contribution in [3.05, 3.63) is 46.4 Å². The van der Waals surface area contributed by atoms with Crippen molar-refractivity contribution in [2.75, 3.05) is 19.0 Å². The molecule has 0 aromatic carbocycles. The first-order chi connectivity index (χ1) is 9.72. The van der Waals surface area contributed by atoms with Crippen LogP contribution >= 0.6 is 0 Å². The van der Waals surface area contributed by atoms with Crippen molar-refractivity contribution >= 4 is 5.82 Å². The Bertz CT molecular complexity index is 625. The molecule has 0 atom stereocenters. The lowest BCUT2D eigenvalue weighted by Crippen LogP contribution is -2.22. The number of nitrogens with one attached hydrogen (secondary N) is 1. The van der Waals surface area contributed by atoms with E-state index in [0.29, 0.717) is 12.4 Å². The second-order valence-corrected chi connectivity index (χ2v) is 4.35. The van der Waals surface area contributed by atoms with Crippen LogP contribution in [-0.2, 0) is 6.54 Å². The van der Waals surface area contributed by atoms with Crippen molar-refractivity contribution < 1.29 is 4.74 Å². The molecule has 20 heavy (non-hydrogen) atoms. The molecule has 2 heterocycles. The average Bonchev–Trinajstić information content (AvgIpc) is 2.48. The molecule has 0 unspecified atom stereocenters. The summed E-state index contributed by atoms with van der Waals surface area (Å²) in [4.78, 5) is 16.0. The Morgan fingerprint density at radius 1 is 1.35 bits per heavy atom. The fourth-order valence-corrected chi connectivity index (χ4v) is 1.75. The van der Waals surface area contributed by atoms with Crippen LogP contribution in [-0.4, -0.2) is 28.4 Å². The highest BCUT2D eigenvalue weighted by Crippen LogP contribution is 2.08. The molecule has 6 heteroatoms. The maximum absolute atomic E-state index is 11.8. The molecule has 1 N–H and O–H groups in total. The fourth-order valence-electron chi connectivity index (χ4n) is 1.75. The highest BCUT2D eigenvalue weighted by molar-refractivity contribution is 5.37. The molecule has 0 aliphatic heterocycles. The predicted octanol–water partition coefficient (Wildman–Crippen LogP) is 1.52. The van der Waals surface area contributed by atoms with Crippen molar-refractivity contribution in [1.29, 1.82) is 0 Å². The Kier molecular flexibility index (Phi) is 4.70. The summed E-state index contributed by atoms with van der Waals surface area (Å²) in [7, 11) is 1.52. The van der Waals surface area contributed by atoms with E-state index in [-0.39, 0.29) is 5.56 Å². The molecule has 0 fully saturated rings. The van der Waals surface area contributed by atoms with Gasteiger partial charge in [-0.1, -0.05) is 6.92 Å². The first-order valence-electron chi connectivity index (χ1n) is 6.54. The number of pyridine rings is 1. The number of aromatic nitrogens is 3. The lowest BCUT2D eigenvalue weighted by Gasteiger charge is -2.08. The van der Waals surface area contributed by atoms with Crippen LogP contribution in [0, 0.1) is 0 Å². The Hall–Kier alpha value is -2.37. The van der Waals surface area contributed by atoms with E-state index >= 15 is 0 Å². The molecule has 2 aromatic heterocycles. The molecule has 0 amide bonds. The zero-order valence-corrected chi connectivity index (χ0v) is 11.7. The zero-order valence-electron chi connectivity index (χ0n) is 11.7. The van der Waals surface area contributed by atoms with Crippen LogP contribution < -0.4 is 15.6 Å². The van der Waals surface area contributed by atoms with Crippen LogP contribution in [0.1, 0.15) is 18.9 Å². The summed E-state index contributed by atoms with van der Waals surface area (Å²) in [6, 6.07) is 6.79. The van der Waals surface area contributed by atoms with Crippen LogP contribution in [0.3, 0.4) is 0 Å². The van der Waals surface area contributed by atoms with Gasteiger partial charge in [0.25, 0.3) is 5.56 Å². The van der Waals surface area contributed by atoms with Gasteiger partial charge in [0.2, 0.25) is 5.88 Å². The van der Waals surface area contributed by atoms with Crippen molar-refractivity contribution in [3.63, 3.8) is 0 Å². The Balaban J connectivity index is 2.19. The minimum absolute atomic E-state index is 0.161. The summed E-state index contributed by atoms with van der Waals surface area (Å²) < 4.78 is 6.40. The molecular weight excluding hydrogens is 256 g/mol. The number of ether oxygens (including phenoxy) is 1. The Morgan fingerprint density at radius 2 is 2.20 bits per heavy atom. The predicted molar refractivity (Wildman–Crippen MR) is 77.2 cm³/mol. The average molecular weight is 274 g/mol. The molecule has 0 saturated heterocycles. The summed E-state index contributed by atoms with van der Waals surface area (Å²) in [5.41, 5.74) is 0.798. The lowest BCUT2D eigenvalue weighted by atomic mass is 10.2. The van der Waals surface area contributed by atoms with Crippen molar-refractivity contribution in [2.24, 2.45) is 0 Å². The monoisotopic (exact) mass is 274 g/mol. The third kappa shape index (κ3) is 3.57. The van der Waals surface area contributed by atoms with Gasteiger partial charge in [-0.25, -0.2) is 9.67 Å². The Morgan fingerprint density at radius 3 is 2.95 bits per heavy atom. The number of hydrogen-bond donors (Lipinski definition) is 1. The smallest absolute Gasteiger partial charge is 0.267 e. The summed E-state index contributed by atoms with van der Waals surface area (Å²) in [6.45, 7) is 3.35. The fraction of sp³-hybridized carbons (Fsp3) is 0.357. The van der Waals surface area contributed by atoms with E-state index in [0.717, 1.165) is 24.3 Å².